The Balaban J connectivity index is 2.77. The highest BCUT2D eigenvalue weighted by atomic mass is 31.2. The molecule has 0 bridgehead atoms. The largest absolute Gasteiger partial charge is 0.469 e. The van der Waals surface area contributed by atoms with Crippen molar-refractivity contribution >= 4 is 13.6 Å². The molecule has 0 saturated heterocycles. The number of benzene rings is 1. The van der Waals surface area contributed by atoms with Gasteiger partial charge in [-0.3, -0.25) is 9.32 Å². The summed E-state index contributed by atoms with van der Waals surface area (Å²) in [5.74, 6) is -7.86. The van der Waals surface area contributed by atoms with Crippen LogP contribution in [0.3, 0.4) is 0 Å². The standard InChI is InChI=1S/C11H10F5O5P/c12-10(13,11(14,15)16)9(17)8-3-1-7(2-4-8)5-6-21-22(18,19)20/h1-4H,5-6H2,(H2,18,19,20). The van der Waals surface area contributed by atoms with Crippen LogP contribution in [0.1, 0.15) is 15.9 Å². The van der Waals surface area contributed by atoms with Gasteiger partial charge in [-0.25, -0.2) is 4.57 Å². The summed E-state index contributed by atoms with van der Waals surface area (Å²) in [4.78, 5) is 28.0. The number of hydrogen-bond acceptors (Lipinski definition) is 3. The predicted molar refractivity (Wildman–Crippen MR) is 63.5 cm³/mol. The molecule has 1 aromatic rings. The van der Waals surface area contributed by atoms with E-state index in [-0.39, 0.29) is 6.42 Å². The van der Waals surface area contributed by atoms with Crippen molar-refractivity contribution in [2.24, 2.45) is 0 Å². The first kappa shape index (κ1) is 18.7. The molecular weight excluding hydrogens is 338 g/mol. The van der Waals surface area contributed by atoms with Crippen LogP contribution >= 0.6 is 7.82 Å². The van der Waals surface area contributed by atoms with Crippen molar-refractivity contribution in [3.05, 3.63) is 35.4 Å². The molecule has 0 aliphatic carbocycles. The van der Waals surface area contributed by atoms with Gasteiger partial charge in [0, 0.05) is 5.56 Å². The quantitative estimate of drug-likeness (QED) is 0.469. The van der Waals surface area contributed by atoms with Crippen LogP contribution in [0.2, 0.25) is 0 Å². The molecule has 2 N–H and O–H groups in total. The van der Waals surface area contributed by atoms with Crippen molar-refractivity contribution in [3.63, 3.8) is 0 Å². The Morgan fingerprint density at radius 3 is 2.00 bits per heavy atom. The molecule has 0 aliphatic heterocycles. The fourth-order valence-corrected chi connectivity index (χ4v) is 1.74. The van der Waals surface area contributed by atoms with E-state index in [0.29, 0.717) is 5.56 Å². The number of phosphoric ester groups is 1. The molecule has 0 fully saturated rings. The molecule has 0 unspecified atom stereocenters. The van der Waals surface area contributed by atoms with Crippen LogP contribution in [0.4, 0.5) is 22.0 Å². The van der Waals surface area contributed by atoms with Gasteiger partial charge >= 0.3 is 19.9 Å². The molecule has 0 aliphatic rings. The topological polar surface area (TPSA) is 83.8 Å². The van der Waals surface area contributed by atoms with Gasteiger partial charge in [0.05, 0.1) is 6.61 Å². The lowest BCUT2D eigenvalue weighted by molar-refractivity contribution is -0.255. The minimum atomic E-state index is -5.99. The number of halogens is 5. The number of alkyl halides is 5. The maximum absolute atomic E-state index is 12.9. The Kier molecular flexibility index (Phi) is 5.45. The zero-order chi connectivity index (χ0) is 17.2. The molecule has 5 nitrogen and oxygen atoms in total. The predicted octanol–water partition coefficient (Wildman–Crippen LogP) is 2.72. The minimum absolute atomic E-state index is 0.0325. The van der Waals surface area contributed by atoms with Gasteiger partial charge < -0.3 is 9.79 Å². The van der Waals surface area contributed by atoms with Crippen LogP contribution < -0.4 is 0 Å². The normalized spacial score (nSPS) is 13.2. The van der Waals surface area contributed by atoms with Crippen molar-refractivity contribution in [2.45, 2.75) is 18.5 Å². The summed E-state index contributed by atoms with van der Waals surface area (Å²) >= 11 is 0. The van der Waals surface area contributed by atoms with Crippen LogP contribution in [0.5, 0.6) is 0 Å². The summed E-state index contributed by atoms with van der Waals surface area (Å²) < 4.78 is 76.5. The Hall–Kier alpha value is -1.35. The molecule has 1 rings (SSSR count). The number of Topliss-reactive ketones (excluding diaryl/α,β-unsaturated/α-hetero) is 1. The molecule has 0 spiro atoms. The molecule has 0 amide bonds. The number of rotatable bonds is 6. The zero-order valence-electron chi connectivity index (χ0n) is 10.7. The fraction of sp³-hybridized carbons (Fsp3) is 0.364. The Morgan fingerprint density at radius 1 is 1.09 bits per heavy atom. The number of carbonyl (C=O) groups excluding carboxylic acids is 1. The zero-order valence-corrected chi connectivity index (χ0v) is 11.6. The van der Waals surface area contributed by atoms with E-state index >= 15 is 0 Å². The maximum Gasteiger partial charge on any atom is 0.469 e. The lowest BCUT2D eigenvalue weighted by Crippen LogP contribution is -2.44. The van der Waals surface area contributed by atoms with Crippen molar-refractivity contribution in [1.29, 1.82) is 0 Å². The Bertz CT molecular complexity index is 578. The average molecular weight is 348 g/mol. The van der Waals surface area contributed by atoms with E-state index in [1.54, 1.807) is 0 Å². The van der Waals surface area contributed by atoms with Crippen LogP contribution in [0.15, 0.2) is 24.3 Å². The summed E-state index contributed by atoms with van der Waals surface area (Å²) in [5.41, 5.74) is -0.498. The smallest absolute Gasteiger partial charge is 0.303 e. The van der Waals surface area contributed by atoms with Gasteiger partial charge in [0.2, 0.25) is 5.78 Å². The highest BCUT2D eigenvalue weighted by molar-refractivity contribution is 7.46. The van der Waals surface area contributed by atoms with Gasteiger partial charge in [-0.1, -0.05) is 24.3 Å². The highest BCUT2D eigenvalue weighted by Gasteiger charge is 2.63. The van der Waals surface area contributed by atoms with Crippen LogP contribution in [-0.4, -0.2) is 34.3 Å². The van der Waals surface area contributed by atoms with Gasteiger partial charge in [-0.05, 0) is 12.0 Å². The monoisotopic (exact) mass is 348 g/mol. The second-order valence-electron chi connectivity index (χ2n) is 4.17. The van der Waals surface area contributed by atoms with Crippen molar-refractivity contribution in [2.75, 3.05) is 6.61 Å². The van der Waals surface area contributed by atoms with Gasteiger partial charge in [-0.15, -0.1) is 0 Å². The Labute approximate surface area is 120 Å². The molecule has 0 aromatic heterocycles. The molecule has 124 valence electrons. The third-order valence-corrected chi connectivity index (χ3v) is 3.03. The SMILES string of the molecule is O=C(c1ccc(CCOP(=O)(O)O)cc1)C(F)(F)C(F)(F)F. The molecule has 22 heavy (non-hydrogen) atoms. The second kappa shape index (κ2) is 6.41. The lowest BCUT2D eigenvalue weighted by atomic mass is 10.0. The minimum Gasteiger partial charge on any atom is -0.303 e. The lowest BCUT2D eigenvalue weighted by Gasteiger charge is -2.18. The second-order valence-corrected chi connectivity index (χ2v) is 5.41. The van der Waals surface area contributed by atoms with E-state index in [1.807, 2.05) is 0 Å². The van der Waals surface area contributed by atoms with E-state index in [1.165, 1.54) is 0 Å². The summed E-state index contributed by atoms with van der Waals surface area (Å²) in [5, 5.41) is 0. The van der Waals surface area contributed by atoms with E-state index in [9.17, 15) is 31.3 Å². The van der Waals surface area contributed by atoms with Crippen molar-refractivity contribution in [1.82, 2.24) is 0 Å². The molecule has 0 heterocycles. The number of carbonyl (C=O) groups is 1. The maximum atomic E-state index is 12.9. The third kappa shape index (κ3) is 4.84. The first-order valence-electron chi connectivity index (χ1n) is 5.63. The molecule has 0 saturated carbocycles. The van der Waals surface area contributed by atoms with E-state index in [0.717, 1.165) is 24.3 Å². The first-order chi connectivity index (χ1) is 9.84. The summed E-state index contributed by atoms with van der Waals surface area (Å²) in [6, 6.07) is 3.72. The van der Waals surface area contributed by atoms with Gasteiger partial charge in [0.15, 0.2) is 0 Å². The number of phosphoric acid groups is 1. The van der Waals surface area contributed by atoms with E-state index in [4.69, 9.17) is 9.79 Å². The van der Waals surface area contributed by atoms with E-state index < -0.39 is 37.9 Å². The summed E-state index contributed by atoms with van der Waals surface area (Å²) in [6.45, 7) is -0.393. The van der Waals surface area contributed by atoms with Gasteiger partial charge in [0.1, 0.15) is 0 Å². The summed E-state index contributed by atoms with van der Waals surface area (Å²) in [6.07, 6.45) is -6.02. The fourth-order valence-electron chi connectivity index (χ4n) is 1.42. The molecule has 1 aromatic carbocycles. The van der Waals surface area contributed by atoms with E-state index in [2.05, 4.69) is 4.52 Å². The van der Waals surface area contributed by atoms with Gasteiger partial charge in [0.25, 0.3) is 0 Å². The Morgan fingerprint density at radius 2 is 1.59 bits per heavy atom. The van der Waals surface area contributed by atoms with Crippen molar-refractivity contribution in [3.8, 4) is 0 Å². The molecule has 0 atom stereocenters. The highest BCUT2D eigenvalue weighted by Crippen LogP contribution is 2.38. The first-order valence-corrected chi connectivity index (χ1v) is 7.16. The van der Waals surface area contributed by atoms with Gasteiger partial charge in [-0.2, -0.15) is 22.0 Å². The van der Waals surface area contributed by atoms with Crippen molar-refractivity contribution < 1.29 is 45.6 Å². The van der Waals surface area contributed by atoms with Crippen LogP contribution in [0, 0.1) is 0 Å². The number of ketones is 1. The summed E-state index contributed by atoms with van der Waals surface area (Å²) in [7, 11) is -4.65. The van der Waals surface area contributed by atoms with Crippen LogP contribution in [-0.2, 0) is 15.5 Å². The molecular formula is C11H10F5O5P. The third-order valence-electron chi connectivity index (χ3n) is 2.51. The average Bonchev–Trinajstić information content (AvgIpc) is 2.36. The molecule has 0 radical (unpaired) electrons. The number of hydrogen-bond donors (Lipinski definition) is 2. The van der Waals surface area contributed by atoms with Crippen LogP contribution in [0.25, 0.3) is 0 Å². The molecule has 11 heteroatoms.